The number of hydrogen-bond donors (Lipinski definition) is 0. The Bertz CT molecular complexity index is 660. The SMILES string of the molecule is Cc1cc(CC(C)(C)C)ccc1-c1ccc(C)c(C)[n+]1C. The van der Waals surface area contributed by atoms with E-state index in [1.165, 1.54) is 33.6 Å². The Kier molecular flexibility index (Phi) is 4.22. The third-order valence-electron chi connectivity index (χ3n) is 4.23. The van der Waals surface area contributed by atoms with Crippen LogP contribution in [0.25, 0.3) is 11.3 Å². The van der Waals surface area contributed by atoms with Crippen molar-refractivity contribution in [2.24, 2.45) is 12.5 Å². The highest BCUT2D eigenvalue weighted by atomic mass is 14.9. The standard InChI is InChI=1S/C20H28N/c1-14-8-11-19(21(7)16(14)3)18-10-9-17(12-15(18)2)13-20(4,5)6/h8-12H,13H2,1-7H3/q+1. The molecule has 1 nitrogen and oxygen atoms in total. The number of rotatable bonds is 2. The summed E-state index contributed by atoms with van der Waals surface area (Å²) in [7, 11) is 2.15. The summed E-state index contributed by atoms with van der Waals surface area (Å²) in [5.41, 5.74) is 8.40. The Balaban J connectivity index is 2.45. The lowest BCUT2D eigenvalue weighted by atomic mass is 9.87. The van der Waals surface area contributed by atoms with Crippen molar-refractivity contribution in [3.63, 3.8) is 0 Å². The second-order valence-electron chi connectivity index (χ2n) is 7.43. The molecule has 0 aliphatic rings. The number of aryl methyl sites for hydroxylation is 2. The Hall–Kier alpha value is -1.63. The number of aromatic nitrogens is 1. The molecule has 112 valence electrons. The van der Waals surface area contributed by atoms with Gasteiger partial charge in [-0.3, -0.25) is 0 Å². The molecule has 0 aliphatic heterocycles. The summed E-state index contributed by atoms with van der Waals surface area (Å²) in [6.45, 7) is 13.4. The summed E-state index contributed by atoms with van der Waals surface area (Å²) in [6.07, 6.45) is 1.12. The van der Waals surface area contributed by atoms with Crippen LogP contribution in [0, 0.1) is 26.2 Å². The fourth-order valence-corrected chi connectivity index (χ4v) is 2.89. The van der Waals surface area contributed by atoms with Crippen LogP contribution in [-0.4, -0.2) is 0 Å². The van der Waals surface area contributed by atoms with Crippen molar-refractivity contribution in [1.29, 1.82) is 0 Å². The van der Waals surface area contributed by atoms with Crippen molar-refractivity contribution in [3.8, 4) is 11.3 Å². The highest BCUT2D eigenvalue weighted by Gasteiger charge is 2.17. The Morgan fingerprint density at radius 3 is 2.14 bits per heavy atom. The zero-order valence-corrected chi connectivity index (χ0v) is 14.5. The number of pyridine rings is 1. The van der Waals surface area contributed by atoms with Gasteiger partial charge in [-0.05, 0) is 48.9 Å². The van der Waals surface area contributed by atoms with Crippen LogP contribution in [0.2, 0.25) is 0 Å². The Morgan fingerprint density at radius 2 is 1.57 bits per heavy atom. The van der Waals surface area contributed by atoms with E-state index in [0.717, 1.165) is 6.42 Å². The molecule has 1 aromatic heterocycles. The maximum absolute atomic E-state index is 2.34. The fourth-order valence-electron chi connectivity index (χ4n) is 2.89. The number of benzene rings is 1. The minimum absolute atomic E-state index is 0.332. The zero-order chi connectivity index (χ0) is 15.8. The third kappa shape index (κ3) is 3.53. The van der Waals surface area contributed by atoms with Gasteiger partial charge in [0.15, 0.2) is 5.69 Å². The quantitative estimate of drug-likeness (QED) is 0.703. The topological polar surface area (TPSA) is 3.88 Å². The monoisotopic (exact) mass is 282 g/mol. The molecule has 0 unspecified atom stereocenters. The lowest BCUT2D eigenvalue weighted by molar-refractivity contribution is -0.667. The molecule has 1 heteroatoms. The van der Waals surface area contributed by atoms with Gasteiger partial charge in [-0.2, -0.15) is 4.57 Å². The van der Waals surface area contributed by atoms with Crippen molar-refractivity contribution in [3.05, 3.63) is 52.7 Å². The predicted octanol–water partition coefficient (Wildman–Crippen LogP) is 4.69. The van der Waals surface area contributed by atoms with Crippen molar-refractivity contribution < 1.29 is 4.57 Å². The molecule has 0 amide bonds. The highest BCUT2D eigenvalue weighted by molar-refractivity contribution is 5.61. The van der Waals surface area contributed by atoms with Crippen molar-refractivity contribution >= 4 is 0 Å². The van der Waals surface area contributed by atoms with E-state index in [-0.39, 0.29) is 0 Å². The molecule has 0 spiro atoms. The van der Waals surface area contributed by atoms with Crippen LogP contribution >= 0.6 is 0 Å². The molecule has 0 bridgehead atoms. The molecule has 0 radical (unpaired) electrons. The van der Waals surface area contributed by atoms with E-state index in [4.69, 9.17) is 0 Å². The maximum atomic E-state index is 2.34. The number of hydrogen-bond acceptors (Lipinski definition) is 0. The smallest absolute Gasteiger partial charge is 0.198 e. The molecule has 0 saturated heterocycles. The third-order valence-corrected chi connectivity index (χ3v) is 4.23. The van der Waals surface area contributed by atoms with Crippen LogP contribution in [0.1, 0.15) is 43.2 Å². The summed E-state index contributed by atoms with van der Waals surface area (Å²) < 4.78 is 2.29. The lowest BCUT2D eigenvalue weighted by Crippen LogP contribution is -2.35. The van der Waals surface area contributed by atoms with E-state index < -0.39 is 0 Å². The first-order valence-corrected chi connectivity index (χ1v) is 7.75. The second-order valence-corrected chi connectivity index (χ2v) is 7.43. The molecule has 2 aromatic rings. The lowest BCUT2D eigenvalue weighted by Gasteiger charge is -2.19. The normalized spacial score (nSPS) is 11.8. The summed E-state index contributed by atoms with van der Waals surface area (Å²) in [4.78, 5) is 0. The fraction of sp³-hybridized carbons (Fsp3) is 0.450. The summed E-state index contributed by atoms with van der Waals surface area (Å²) >= 11 is 0. The van der Waals surface area contributed by atoms with Gasteiger partial charge in [0.1, 0.15) is 7.05 Å². The van der Waals surface area contributed by atoms with Crippen LogP contribution < -0.4 is 4.57 Å². The molecule has 0 atom stereocenters. The second kappa shape index (κ2) is 5.63. The molecule has 0 N–H and O–H groups in total. The van der Waals surface area contributed by atoms with Gasteiger partial charge < -0.3 is 0 Å². The van der Waals surface area contributed by atoms with Crippen molar-refractivity contribution in [1.82, 2.24) is 0 Å². The van der Waals surface area contributed by atoms with Crippen molar-refractivity contribution in [2.75, 3.05) is 0 Å². The van der Waals surface area contributed by atoms with Crippen LogP contribution in [0.5, 0.6) is 0 Å². The Labute approximate surface area is 129 Å². The van der Waals surface area contributed by atoms with E-state index >= 15 is 0 Å². The molecule has 0 fully saturated rings. The maximum Gasteiger partial charge on any atom is 0.212 e. The van der Waals surface area contributed by atoms with Crippen LogP contribution in [0.3, 0.4) is 0 Å². The van der Waals surface area contributed by atoms with Crippen LogP contribution in [0.4, 0.5) is 0 Å². The van der Waals surface area contributed by atoms with Gasteiger partial charge in [0, 0.05) is 24.1 Å². The minimum atomic E-state index is 0.332. The summed E-state index contributed by atoms with van der Waals surface area (Å²) in [6, 6.07) is 11.3. The van der Waals surface area contributed by atoms with Crippen molar-refractivity contribution in [2.45, 2.75) is 48.0 Å². The highest BCUT2D eigenvalue weighted by Crippen LogP contribution is 2.26. The molecule has 1 heterocycles. The molecule has 2 rings (SSSR count). The first kappa shape index (κ1) is 15.8. The van der Waals surface area contributed by atoms with Gasteiger partial charge in [0.25, 0.3) is 0 Å². The van der Waals surface area contributed by atoms with E-state index in [0.29, 0.717) is 5.41 Å². The van der Waals surface area contributed by atoms with Gasteiger partial charge in [0.05, 0.1) is 0 Å². The van der Waals surface area contributed by atoms with E-state index in [1.54, 1.807) is 0 Å². The first-order valence-electron chi connectivity index (χ1n) is 7.75. The molecule has 21 heavy (non-hydrogen) atoms. The van der Waals surface area contributed by atoms with Gasteiger partial charge in [-0.15, -0.1) is 0 Å². The van der Waals surface area contributed by atoms with E-state index in [2.05, 4.69) is 83.5 Å². The molecular formula is C20H28N+. The largest absolute Gasteiger partial charge is 0.212 e. The van der Waals surface area contributed by atoms with E-state index in [9.17, 15) is 0 Å². The van der Waals surface area contributed by atoms with Crippen LogP contribution in [-0.2, 0) is 13.5 Å². The number of nitrogens with zero attached hydrogens (tertiary/aromatic N) is 1. The van der Waals surface area contributed by atoms with Gasteiger partial charge in [-0.1, -0.05) is 32.9 Å². The van der Waals surface area contributed by atoms with Gasteiger partial charge in [-0.25, -0.2) is 0 Å². The first-order chi connectivity index (χ1) is 9.69. The van der Waals surface area contributed by atoms with Gasteiger partial charge in [0.2, 0.25) is 5.69 Å². The van der Waals surface area contributed by atoms with E-state index in [1.807, 2.05) is 0 Å². The summed E-state index contributed by atoms with van der Waals surface area (Å²) in [5, 5.41) is 0. The average Bonchev–Trinajstić information content (AvgIpc) is 2.36. The molecule has 1 aromatic carbocycles. The summed E-state index contributed by atoms with van der Waals surface area (Å²) in [5.74, 6) is 0. The average molecular weight is 282 g/mol. The Morgan fingerprint density at radius 1 is 0.905 bits per heavy atom. The molecular weight excluding hydrogens is 254 g/mol. The van der Waals surface area contributed by atoms with Gasteiger partial charge >= 0.3 is 0 Å². The minimum Gasteiger partial charge on any atom is -0.198 e. The predicted molar refractivity (Wildman–Crippen MR) is 90.4 cm³/mol. The molecule has 0 saturated carbocycles. The molecule has 0 aliphatic carbocycles. The van der Waals surface area contributed by atoms with Crippen LogP contribution in [0.15, 0.2) is 30.3 Å². The zero-order valence-electron chi connectivity index (χ0n) is 14.5.